The van der Waals surface area contributed by atoms with Gasteiger partial charge in [0.15, 0.2) is 0 Å². The van der Waals surface area contributed by atoms with Crippen LogP contribution in [-0.2, 0) is 6.54 Å². The first-order chi connectivity index (χ1) is 8.72. The maximum absolute atomic E-state index is 6.03. The van der Waals surface area contributed by atoms with E-state index >= 15 is 0 Å². The average Bonchev–Trinajstić information content (AvgIpc) is 2.81. The monoisotopic (exact) mass is 328 g/mol. The van der Waals surface area contributed by atoms with Crippen molar-refractivity contribution < 1.29 is 0 Å². The largest absolute Gasteiger partial charge is 0.316 e. The second-order valence-electron chi connectivity index (χ2n) is 5.45. The maximum Gasteiger partial charge on any atom is 0.0548 e. The molecule has 1 aromatic carbocycles. The molecule has 4 heteroatoms. The SMILES string of the molecule is Clc1ccc(CN2CCC3CNCC3C2)cc1Br. The van der Waals surface area contributed by atoms with E-state index < -0.39 is 0 Å². The number of benzene rings is 1. The number of hydrogen-bond acceptors (Lipinski definition) is 2. The van der Waals surface area contributed by atoms with Crippen LogP contribution in [0, 0.1) is 11.8 Å². The minimum Gasteiger partial charge on any atom is -0.316 e. The summed E-state index contributed by atoms with van der Waals surface area (Å²) in [5.74, 6) is 1.77. The zero-order valence-corrected chi connectivity index (χ0v) is 12.7. The van der Waals surface area contributed by atoms with E-state index in [0.29, 0.717) is 0 Å². The summed E-state index contributed by atoms with van der Waals surface area (Å²) >= 11 is 9.52. The van der Waals surface area contributed by atoms with Gasteiger partial charge in [0.25, 0.3) is 0 Å². The van der Waals surface area contributed by atoms with Crippen LogP contribution in [0.25, 0.3) is 0 Å². The molecule has 2 heterocycles. The minimum atomic E-state index is 0.789. The summed E-state index contributed by atoms with van der Waals surface area (Å²) in [5, 5.41) is 4.30. The highest BCUT2D eigenvalue weighted by Crippen LogP contribution is 2.28. The van der Waals surface area contributed by atoms with Crippen molar-refractivity contribution in [2.24, 2.45) is 11.8 Å². The van der Waals surface area contributed by atoms with Crippen LogP contribution in [0.2, 0.25) is 5.02 Å². The average molecular weight is 330 g/mol. The van der Waals surface area contributed by atoms with Gasteiger partial charge in [-0.1, -0.05) is 17.7 Å². The van der Waals surface area contributed by atoms with E-state index in [1.807, 2.05) is 6.07 Å². The van der Waals surface area contributed by atoms with Crippen molar-refractivity contribution in [2.45, 2.75) is 13.0 Å². The Kier molecular flexibility index (Phi) is 3.94. The number of likely N-dealkylation sites (tertiary alicyclic amines) is 1. The van der Waals surface area contributed by atoms with Crippen LogP contribution in [0.15, 0.2) is 22.7 Å². The summed E-state index contributed by atoms with van der Waals surface area (Å²) in [7, 11) is 0. The molecule has 0 spiro atoms. The Bertz CT molecular complexity index is 438. The van der Waals surface area contributed by atoms with E-state index in [0.717, 1.165) is 27.9 Å². The van der Waals surface area contributed by atoms with E-state index in [9.17, 15) is 0 Å². The second-order valence-corrected chi connectivity index (χ2v) is 6.71. The predicted molar refractivity (Wildman–Crippen MR) is 78.9 cm³/mol. The Balaban J connectivity index is 1.64. The van der Waals surface area contributed by atoms with Gasteiger partial charge in [0.1, 0.15) is 0 Å². The van der Waals surface area contributed by atoms with Crippen molar-refractivity contribution in [1.29, 1.82) is 0 Å². The number of hydrogen-bond donors (Lipinski definition) is 1. The molecule has 1 aromatic rings. The molecule has 2 atom stereocenters. The molecule has 2 unspecified atom stereocenters. The standard InChI is InChI=1S/C14H18BrClN2/c15-13-5-10(1-2-14(13)16)8-18-4-3-11-6-17-7-12(11)9-18/h1-2,5,11-12,17H,3-4,6-9H2. The first kappa shape index (κ1) is 12.9. The lowest BCUT2D eigenvalue weighted by Gasteiger charge is -2.34. The molecule has 18 heavy (non-hydrogen) atoms. The van der Waals surface area contributed by atoms with E-state index in [2.05, 4.69) is 38.3 Å². The molecule has 2 aliphatic rings. The number of nitrogens with one attached hydrogen (secondary N) is 1. The Morgan fingerprint density at radius 2 is 2.17 bits per heavy atom. The lowest BCUT2D eigenvalue weighted by atomic mass is 9.88. The topological polar surface area (TPSA) is 15.3 Å². The van der Waals surface area contributed by atoms with Gasteiger partial charge in [-0.2, -0.15) is 0 Å². The van der Waals surface area contributed by atoms with E-state index in [1.54, 1.807) is 0 Å². The third-order valence-corrected chi connectivity index (χ3v) is 5.39. The molecule has 0 saturated carbocycles. The summed E-state index contributed by atoms with van der Waals surface area (Å²) in [6.07, 6.45) is 1.34. The Morgan fingerprint density at radius 3 is 3.00 bits per heavy atom. The molecule has 0 aliphatic carbocycles. The zero-order valence-electron chi connectivity index (χ0n) is 10.3. The fraction of sp³-hybridized carbons (Fsp3) is 0.571. The van der Waals surface area contributed by atoms with Gasteiger partial charge in [0.2, 0.25) is 0 Å². The molecule has 2 nitrogen and oxygen atoms in total. The van der Waals surface area contributed by atoms with Crippen molar-refractivity contribution in [1.82, 2.24) is 10.2 Å². The van der Waals surface area contributed by atoms with Crippen LogP contribution < -0.4 is 5.32 Å². The fourth-order valence-electron chi connectivity index (χ4n) is 3.15. The first-order valence-electron chi connectivity index (χ1n) is 6.59. The van der Waals surface area contributed by atoms with Gasteiger partial charge in [-0.15, -0.1) is 0 Å². The molecule has 0 radical (unpaired) electrons. The second kappa shape index (κ2) is 5.49. The highest BCUT2D eigenvalue weighted by atomic mass is 79.9. The first-order valence-corrected chi connectivity index (χ1v) is 7.76. The normalized spacial score (nSPS) is 28.3. The quantitative estimate of drug-likeness (QED) is 0.897. The van der Waals surface area contributed by atoms with Crippen molar-refractivity contribution in [2.75, 3.05) is 26.2 Å². The highest BCUT2D eigenvalue weighted by molar-refractivity contribution is 9.10. The van der Waals surface area contributed by atoms with Crippen molar-refractivity contribution in [3.05, 3.63) is 33.3 Å². The molecular formula is C14H18BrClN2. The molecular weight excluding hydrogens is 312 g/mol. The lowest BCUT2D eigenvalue weighted by molar-refractivity contribution is 0.142. The summed E-state index contributed by atoms with van der Waals surface area (Å²) in [4.78, 5) is 2.57. The molecule has 2 fully saturated rings. The van der Waals surface area contributed by atoms with Gasteiger partial charge in [-0.25, -0.2) is 0 Å². The Hall–Kier alpha value is -0.0900. The van der Waals surface area contributed by atoms with Gasteiger partial charge in [0.05, 0.1) is 5.02 Å². The molecule has 0 amide bonds. The van der Waals surface area contributed by atoms with Crippen LogP contribution in [-0.4, -0.2) is 31.1 Å². The van der Waals surface area contributed by atoms with E-state index in [1.165, 1.54) is 38.2 Å². The summed E-state index contributed by atoms with van der Waals surface area (Å²) < 4.78 is 0.999. The minimum absolute atomic E-state index is 0.789. The number of halogens is 2. The molecule has 2 saturated heterocycles. The molecule has 98 valence electrons. The van der Waals surface area contributed by atoms with Gasteiger partial charge < -0.3 is 5.32 Å². The fourth-order valence-corrected chi connectivity index (χ4v) is 3.69. The highest BCUT2D eigenvalue weighted by Gasteiger charge is 2.32. The number of piperidine rings is 1. The molecule has 0 aromatic heterocycles. The number of fused-ring (bicyclic) bond motifs is 1. The molecule has 1 N–H and O–H groups in total. The molecule has 0 bridgehead atoms. The van der Waals surface area contributed by atoms with Gasteiger partial charge in [-0.05, 0) is 71.5 Å². The van der Waals surface area contributed by atoms with Crippen molar-refractivity contribution in [3.8, 4) is 0 Å². The maximum atomic E-state index is 6.03. The van der Waals surface area contributed by atoms with Crippen LogP contribution >= 0.6 is 27.5 Å². The third-order valence-electron chi connectivity index (χ3n) is 4.18. The summed E-state index contributed by atoms with van der Waals surface area (Å²) in [6, 6.07) is 6.25. The zero-order chi connectivity index (χ0) is 12.5. The van der Waals surface area contributed by atoms with Gasteiger partial charge >= 0.3 is 0 Å². The van der Waals surface area contributed by atoms with Crippen LogP contribution in [0.3, 0.4) is 0 Å². The number of rotatable bonds is 2. The molecule has 3 rings (SSSR count). The van der Waals surface area contributed by atoms with Crippen molar-refractivity contribution >= 4 is 27.5 Å². The molecule has 2 aliphatic heterocycles. The summed E-state index contributed by atoms with van der Waals surface area (Å²) in [5.41, 5.74) is 1.34. The van der Waals surface area contributed by atoms with Crippen LogP contribution in [0.5, 0.6) is 0 Å². The summed E-state index contributed by atoms with van der Waals surface area (Å²) in [6.45, 7) is 5.93. The lowest BCUT2D eigenvalue weighted by Crippen LogP contribution is -2.39. The van der Waals surface area contributed by atoms with Crippen LogP contribution in [0.1, 0.15) is 12.0 Å². The third kappa shape index (κ3) is 2.74. The predicted octanol–water partition coefficient (Wildman–Crippen LogP) is 3.14. The van der Waals surface area contributed by atoms with Crippen molar-refractivity contribution in [3.63, 3.8) is 0 Å². The van der Waals surface area contributed by atoms with E-state index in [-0.39, 0.29) is 0 Å². The number of nitrogens with zero attached hydrogens (tertiary/aromatic N) is 1. The smallest absolute Gasteiger partial charge is 0.0548 e. The van der Waals surface area contributed by atoms with Gasteiger partial charge in [-0.3, -0.25) is 4.90 Å². The van der Waals surface area contributed by atoms with E-state index in [4.69, 9.17) is 11.6 Å². The Labute approximate surface area is 122 Å². The van der Waals surface area contributed by atoms with Crippen LogP contribution in [0.4, 0.5) is 0 Å². The Morgan fingerprint density at radius 1 is 1.33 bits per heavy atom. The van der Waals surface area contributed by atoms with Gasteiger partial charge in [0, 0.05) is 17.6 Å².